The summed E-state index contributed by atoms with van der Waals surface area (Å²) in [5.74, 6) is -0.0642. The van der Waals surface area contributed by atoms with Gasteiger partial charge in [-0.15, -0.1) is 0 Å². The van der Waals surface area contributed by atoms with Crippen molar-refractivity contribution in [2.24, 2.45) is 5.73 Å². The summed E-state index contributed by atoms with van der Waals surface area (Å²) < 4.78 is 0. The van der Waals surface area contributed by atoms with Crippen LogP contribution in [0.25, 0.3) is 0 Å². The zero-order valence-electron chi connectivity index (χ0n) is 26.1. The van der Waals surface area contributed by atoms with E-state index >= 15 is 0 Å². The summed E-state index contributed by atoms with van der Waals surface area (Å²) in [7, 11) is 0. The zero-order chi connectivity index (χ0) is 28.7. The van der Waals surface area contributed by atoms with Crippen molar-refractivity contribution in [3.05, 3.63) is 0 Å². The second-order valence-electron chi connectivity index (χ2n) is 12.1. The molecule has 232 valence electrons. The molecule has 4 N–H and O–H groups in total. The first kappa shape index (κ1) is 38.1. The maximum Gasteiger partial charge on any atom is 0.222 e. The number of aliphatic hydroxyl groups is 1. The van der Waals surface area contributed by atoms with Gasteiger partial charge in [-0.25, -0.2) is 0 Å². The minimum absolute atomic E-state index is 0.0642. The van der Waals surface area contributed by atoms with Gasteiger partial charge in [-0.05, 0) is 25.7 Å². The van der Waals surface area contributed by atoms with Crippen LogP contribution in [0.4, 0.5) is 0 Å². The Hall–Kier alpha value is -0.940. The molecule has 0 aliphatic heterocycles. The van der Waals surface area contributed by atoms with E-state index in [1.165, 1.54) is 135 Å². The predicted molar refractivity (Wildman–Crippen MR) is 168 cm³/mol. The van der Waals surface area contributed by atoms with Crippen molar-refractivity contribution in [2.45, 2.75) is 199 Å². The lowest BCUT2D eigenvalue weighted by Gasteiger charge is -2.28. The van der Waals surface area contributed by atoms with Gasteiger partial charge in [-0.2, -0.15) is 0 Å². The van der Waals surface area contributed by atoms with Crippen LogP contribution in [0, 0.1) is 0 Å². The van der Waals surface area contributed by atoms with E-state index in [4.69, 9.17) is 5.73 Å². The number of rotatable bonds is 32. The topological polar surface area (TPSA) is 92.4 Å². The van der Waals surface area contributed by atoms with E-state index in [1.807, 2.05) is 0 Å². The number of nitrogens with one attached hydrogen (secondary N) is 1. The van der Waals surface area contributed by atoms with Crippen LogP contribution < -0.4 is 11.1 Å². The van der Waals surface area contributed by atoms with Gasteiger partial charge in [0.1, 0.15) is 12.0 Å². The van der Waals surface area contributed by atoms with Gasteiger partial charge in [0.05, 0.1) is 0 Å². The van der Waals surface area contributed by atoms with Crippen LogP contribution >= 0.6 is 0 Å². The van der Waals surface area contributed by atoms with E-state index in [9.17, 15) is 14.7 Å². The Labute approximate surface area is 243 Å². The van der Waals surface area contributed by atoms with Crippen LogP contribution in [0.2, 0.25) is 0 Å². The second-order valence-corrected chi connectivity index (χ2v) is 12.1. The Morgan fingerprint density at radius 2 is 0.974 bits per heavy atom. The summed E-state index contributed by atoms with van der Waals surface area (Å²) in [6.45, 7) is 2.35. The number of unbranched alkanes of at least 4 members (excludes halogenated alkanes) is 25. The highest BCUT2D eigenvalue weighted by Crippen LogP contribution is 2.17. The largest absolute Gasteiger partial charge is 0.370 e. The zero-order valence-corrected chi connectivity index (χ0v) is 26.1. The average molecular weight is 553 g/mol. The Bertz CT molecular complexity index is 529. The van der Waals surface area contributed by atoms with Crippen molar-refractivity contribution in [3.8, 4) is 0 Å². The van der Waals surface area contributed by atoms with Crippen LogP contribution in [0.3, 0.4) is 0 Å². The molecule has 1 unspecified atom stereocenters. The Morgan fingerprint density at radius 3 is 1.36 bits per heavy atom. The standard InChI is InChI=1S/C34H68N2O3/c1-2-3-4-5-6-7-8-15-18-21-24-27-30-34(39,32-35)36-33(38)29-26-23-20-17-14-12-10-9-11-13-16-19-22-25-28-31-37/h31,39H,2-30,32,35H2,1H3,(H,36,38). The summed E-state index contributed by atoms with van der Waals surface area (Å²) >= 11 is 0. The normalized spacial score (nSPS) is 12.9. The van der Waals surface area contributed by atoms with Gasteiger partial charge in [-0.3, -0.25) is 4.79 Å². The fraction of sp³-hybridized carbons (Fsp3) is 0.941. The molecule has 39 heavy (non-hydrogen) atoms. The molecular formula is C34H68N2O3. The highest BCUT2D eigenvalue weighted by molar-refractivity contribution is 5.76. The van der Waals surface area contributed by atoms with Gasteiger partial charge in [0, 0.05) is 19.4 Å². The van der Waals surface area contributed by atoms with Crippen LogP contribution in [0.5, 0.6) is 0 Å². The second kappa shape index (κ2) is 30.0. The van der Waals surface area contributed by atoms with E-state index in [-0.39, 0.29) is 12.5 Å². The summed E-state index contributed by atoms with van der Waals surface area (Å²) in [5.41, 5.74) is 4.57. The molecule has 1 amide bonds. The van der Waals surface area contributed by atoms with Crippen molar-refractivity contribution in [3.63, 3.8) is 0 Å². The quantitative estimate of drug-likeness (QED) is 0.0440. The van der Waals surface area contributed by atoms with Gasteiger partial charge in [0.25, 0.3) is 0 Å². The fourth-order valence-electron chi connectivity index (χ4n) is 5.43. The monoisotopic (exact) mass is 553 g/mol. The molecule has 0 bridgehead atoms. The van der Waals surface area contributed by atoms with E-state index in [0.717, 1.165) is 44.8 Å². The third kappa shape index (κ3) is 28.4. The first-order valence-electron chi connectivity index (χ1n) is 17.2. The lowest BCUT2D eigenvalue weighted by Crippen LogP contribution is -2.53. The van der Waals surface area contributed by atoms with Crippen molar-refractivity contribution < 1.29 is 14.7 Å². The molecule has 0 aliphatic carbocycles. The molecule has 0 fully saturated rings. The lowest BCUT2D eigenvalue weighted by atomic mass is 10.0. The first-order valence-corrected chi connectivity index (χ1v) is 17.2. The van der Waals surface area contributed by atoms with Crippen LogP contribution in [-0.2, 0) is 9.59 Å². The molecule has 0 aliphatic rings. The summed E-state index contributed by atoms with van der Waals surface area (Å²) in [6.07, 6.45) is 35.4. The number of amides is 1. The molecule has 0 aromatic rings. The fourth-order valence-corrected chi connectivity index (χ4v) is 5.43. The highest BCUT2D eigenvalue weighted by atomic mass is 16.3. The maximum atomic E-state index is 12.3. The van der Waals surface area contributed by atoms with E-state index < -0.39 is 5.72 Å². The van der Waals surface area contributed by atoms with E-state index in [2.05, 4.69) is 12.2 Å². The summed E-state index contributed by atoms with van der Waals surface area (Å²) in [6, 6.07) is 0. The van der Waals surface area contributed by atoms with E-state index in [0.29, 0.717) is 12.8 Å². The molecule has 0 rings (SSSR count). The molecule has 5 nitrogen and oxygen atoms in total. The lowest BCUT2D eigenvalue weighted by molar-refractivity contribution is -0.129. The molecule has 0 saturated heterocycles. The van der Waals surface area contributed by atoms with Crippen molar-refractivity contribution in [1.29, 1.82) is 0 Å². The van der Waals surface area contributed by atoms with Crippen LogP contribution in [0.1, 0.15) is 193 Å². The molecule has 1 atom stereocenters. The molecule has 0 radical (unpaired) electrons. The molecule has 0 aromatic carbocycles. The Kier molecular flexibility index (Phi) is 29.3. The number of hydrogen-bond donors (Lipinski definition) is 3. The smallest absolute Gasteiger partial charge is 0.222 e. The van der Waals surface area contributed by atoms with Crippen molar-refractivity contribution in [1.82, 2.24) is 5.32 Å². The van der Waals surface area contributed by atoms with Crippen molar-refractivity contribution in [2.75, 3.05) is 6.54 Å². The van der Waals surface area contributed by atoms with Crippen LogP contribution in [0.15, 0.2) is 0 Å². The van der Waals surface area contributed by atoms with Crippen molar-refractivity contribution >= 4 is 12.2 Å². The molecular weight excluding hydrogens is 484 g/mol. The molecule has 0 aromatic heterocycles. The first-order chi connectivity index (χ1) is 19.1. The summed E-state index contributed by atoms with van der Waals surface area (Å²) in [5, 5.41) is 13.5. The van der Waals surface area contributed by atoms with Gasteiger partial charge < -0.3 is 21.0 Å². The maximum absolute atomic E-state index is 12.3. The number of aldehydes is 1. The van der Waals surface area contributed by atoms with E-state index in [1.54, 1.807) is 0 Å². The number of nitrogens with two attached hydrogens (primary N) is 1. The van der Waals surface area contributed by atoms with Gasteiger partial charge in [0.2, 0.25) is 5.91 Å². The van der Waals surface area contributed by atoms with Gasteiger partial charge in [0.15, 0.2) is 0 Å². The third-order valence-corrected chi connectivity index (χ3v) is 8.13. The average Bonchev–Trinajstić information content (AvgIpc) is 2.93. The molecule has 0 spiro atoms. The minimum atomic E-state index is -1.24. The van der Waals surface area contributed by atoms with Gasteiger partial charge in [-0.1, -0.05) is 155 Å². The Morgan fingerprint density at radius 1 is 0.615 bits per heavy atom. The third-order valence-electron chi connectivity index (χ3n) is 8.13. The van der Waals surface area contributed by atoms with Gasteiger partial charge >= 0.3 is 0 Å². The number of carbonyl (C=O) groups is 2. The number of hydrogen-bond acceptors (Lipinski definition) is 4. The molecule has 0 heterocycles. The highest BCUT2D eigenvalue weighted by Gasteiger charge is 2.26. The predicted octanol–water partition coefficient (Wildman–Crippen LogP) is 9.28. The summed E-state index contributed by atoms with van der Waals surface area (Å²) in [4.78, 5) is 22.6. The Balaban J connectivity index is 3.53. The SMILES string of the molecule is CCCCCCCCCCCCCCC(O)(CN)NC(=O)CCCCCCCCCCCCCCCCC=O. The number of carbonyl (C=O) groups excluding carboxylic acids is 2. The molecule has 5 heteroatoms. The minimum Gasteiger partial charge on any atom is -0.370 e. The molecule has 0 saturated carbocycles. The van der Waals surface area contributed by atoms with Crippen LogP contribution in [-0.4, -0.2) is 29.6 Å².